The first-order valence-corrected chi connectivity index (χ1v) is 4.14. The Balaban J connectivity index is 2.89. The van der Waals surface area contributed by atoms with Crippen LogP contribution < -0.4 is 5.46 Å². The van der Waals surface area contributed by atoms with Crippen molar-refractivity contribution in [1.82, 2.24) is 4.98 Å². The molecule has 0 aliphatic carbocycles. The van der Waals surface area contributed by atoms with E-state index < -0.39 is 0 Å². The Labute approximate surface area is 77.0 Å². The number of aromatic nitrogens is 1. The summed E-state index contributed by atoms with van der Waals surface area (Å²) < 4.78 is 0. The van der Waals surface area contributed by atoms with E-state index >= 15 is 0 Å². The van der Waals surface area contributed by atoms with E-state index in [9.17, 15) is 0 Å². The van der Waals surface area contributed by atoms with Crippen molar-refractivity contribution in [1.29, 1.82) is 0 Å². The zero-order chi connectivity index (χ0) is 8.27. The van der Waals surface area contributed by atoms with Crippen LogP contribution in [0.1, 0.15) is 6.92 Å². The van der Waals surface area contributed by atoms with Gasteiger partial charge in [-0.1, -0.05) is 41.9 Å². The van der Waals surface area contributed by atoms with Crippen LogP contribution >= 0.6 is 23.2 Å². The molecule has 1 heterocycles. The smallest absolute Gasteiger partial charge is 0.151 e. The molecule has 57 valence electrons. The van der Waals surface area contributed by atoms with Gasteiger partial charge in [0.05, 0.1) is 0 Å². The van der Waals surface area contributed by atoms with Crippen molar-refractivity contribution >= 4 is 35.9 Å². The van der Waals surface area contributed by atoms with Gasteiger partial charge < -0.3 is 0 Å². The van der Waals surface area contributed by atoms with Crippen LogP contribution in [-0.4, -0.2) is 12.3 Å². The van der Waals surface area contributed by atoms with Crippen LogP contribution in [0.5, 0.6) is 0 Å². The minimum atomic E-state index is 0.442. The van der Waals surface area contributed by atoms with Crippen LogP contribution in [0, 0.1) is 0 Å². The molecule has 0 aromatic carbocycles. The third-order valence-corrected chi connectivity index (χ3v) is 1.61. The lowest BCUT2D eigenvalue weighted by molar-refractivity contribution is 1.34. The molecule has 0 fully saturated rings. The van der Waals surface area contributed by atoms with Gasteiger partial charge in [0, 0.05) is 0 Å². The first kappa shape index (κ1) is 8.89. The molecule has 0 bridgehead atoms. The summed E-state index contributed by atoms with van der Waals surface area (Å²) in [4.78, 5) is 3.83. The number of hydrogen-bond donors (Lipinski definition) is 0. The van der Waals surface area contributed by atoms with Crippen LogP contribution in [0.25, 0.3) is 0 Å². The van der Waals surface area contributed by atoms with Crippen molar-refractivity contribution in [2.24, 2.45) is 0 Å². The number of nitrogens with zero attached hydrogens (tertiary/aromatic N) is 1. The molecule has 0 amide bonds. The monoisotopic (exact) mass is 186 g/mol. The largest absolute Gasteiger partial charge is 0.224 e. The predicted molar refractivity (Wildman–Crippen MR) is 50.1 cm³/mol. The average molecular weight is 187 g/mol. The molecule has 0 saturated heterocycles. The lowest BCUT2D eigenvalue weighted by Gasteiger charge is -1.97. The second-order valence-corrected chi connectivity index (χ2v) is 2.93. The number of rotatable bonds is 2. The van der Waals surface area contributed by atoms with E-state index in [4.69, 9.17) is 23.2 Å². The van der Waals surface area contributed by atoms with Gasteiger partial charge in [0.25, 0.3) is 0 Å². The van der Waals surface area contributed by atoms with Gasteiger partial charge in [0.2, 0.25) is 0 Å². The summed E-state index contributed by atoms with van der Waals surface area (Å²) in [5, 5.41) is 0.884. The van der Waals surface area contributed by atoms with Crippen molar-refractivity contribution in [2.75, 3.05) is 0 Å². The highest BCUT2D eigenvalue weighted by molar-refractivity contribution is 6.54. The van der Waals surface area contributed by atoms with Gasteiger partial charge in [-0.2, -0.15) is 0 Å². The molecule has 11 heavy (non-hydrogen) atoms. The highest BCUT2D eigenvalue weighted by Gasteiger charge is 1.98. The van der Waals surface area contributed by atoms with Crippen molar-refractivity contribution in [3.63, 3.8) is 0 Å². The van der Waals surface area contributed by atoms with Crippen LogP contribution in [-0.2, 0) is 0 Å². The first-order chi connectivity index (χ1) is 5.22. The summed E-state index contributed by atoms with van der Waals surface area (Å²) in [7, 11) is 2.04. The second kappa shape index (κ2) is 3.98. The maximum atomic E-state index is 5.67. The van der Waals surface area contributed by atoms with Crippen LogP contribution in [0.2, 0.25) is 16.6 Å². The highest BCUT2D eigenvalue weighted by Crippen LogP contribution is 2.07. The molecule has 0 unspecified atom stereocenters. The molecule has 1 rings (SSSR count). The zero-order valence-electron chi connectivity index (χ0n) is 6.14. The minimum absolute atomic E-state index is 0.442. The number of hydrogen-bond acceptors (Lipinski definition) is 1. The van der Waals surface area contributed by atoms with Gasteiger partial charge in [0.1, 0.15) is 10.3 Å². The second-order valence-electron chi connectivity index (χ2n) is 2.16. The summed E-state index contributed by atoms with van der Waals surface area (Å²) in [6.45, 7) is 2.06. The van der Waals surface area contributed by atoms with Crippen LogP contribution in [0.4, 0.5) is 0 Å². The number of halogens is 2. The van der Waals surface area contributed by atoms with Gasteiger partial charge in [0.15, 0.2) is 7.28 Å². The van der Waals surface area contributed by atoms with Crippen molar-refractivity contribution in [2.45, 2.75) is 13.2 Å². The Kier molecular flexibility index (Phi) is 3.22. The molecule has 0 aliphatic heterocycles. The van der Waals surface area contributed by atoms with E-state index in [1.807, 2.05) is 7.28 Å². The normalized spacial score (nSPS) is 9.73. The summed E-state index contributed by atoms with van der Waals surface area (Å²) in [6, 6.07) is 3.58. The topological polar surface area (TPSA) is 12.9 Å². The van der Waals surface area contributed by atoms with E-state index in [0.717, 1.165) is 11.8 Å². The third-order valence-electron chi connectivity index (χ3n) is 1.22. The molecular weight excluding hydrogens is 180 g/mol. The molecular formula is C7H7BCl2N. The van der Waals surface area contributed by atoms with Crippen molar-refractivity contribution in [3.8, 4) is 0 Å². The minimum Gasteiger partial charge on any atom is -0.224 e. The van der Waals surface area contributed by atoms with E-state index in [1.54, 1.807) is 12.1 Å². The highest BCUT2D eigenvalue weighted by atomic mass is 35.5. The molecule has 1 aromatic rings. The number of pyridine rings is 1. The standard InChI is InChI=1S/C7H7BCl2N/c1-2-8-5-3-6(9)11-7(10)4-5/h3-4H,2H2,1H3. The molecule has 0 atom stereocenters. The molecule has 1 radical (unpaired) electrons. The van der Waals surface area contributed by atoms with Gasteiger partial charge in [-0.25, -0.2) is 4.98 Å². The molecule has 0 saturated carbocycles. The van der Waals surface area contributed by atoms with Crippen LogP contribution in [0.15, 0.2) is 12.1 Å². The van der Waals surface area contributed by atoms with E-state index in [-0.39, 0.29) is 0 Å². The summed E-state index contributed by atoms with van der Waals surface area (Å²) >= 11 is 11.3. The summed E-state index contributed by atoms with van der Waals surface area (Å²) in [5.74, 6) is 0. The Morgan fingerprint density at radius 2 is 1.91 bits per heavy atom. The SMILES string of the molecule is CC[B]c1cc(Cl)nc(Cl)c1. The maximum Gasteiger partial charge on any atom is 0.151 e. The molecule has 0 N–H and O–H groups in total. The fourth-order valence-corrected chi connectivity index (χ4v) is 1.31. The molecule has 0 aliphatic rings. The van der Waals surface area contributed by atoms with E-state index in [1.165, 1.54) is 0 Å². The lowest BCUT2D eigenvalue weighted by Crippen LogP contribution is -2.12. The predicted octanol–water partition coefficient (Wildman–Crippen LogP) is 2.16. The third kappa shape index (κ3) is 2.72. The van der Waals surface area contributed by atoms with Crippen molar-refractivity contribution in [3.05, 3.63) is 22.4 Å². The molecule has 1 nitrogen and oxygen atoms in total. The van der Waals surface area contributed by atoms with Gasteiger partial charge >= 0.3 is 0 Å². The fraction of sp³-hybridized carbons (Fsp3) is 0.286. The Hall–Kier alpha value is -0.205. The van der Waals surface area contributed by atoms with Crippen LogP contribution in [0.3, 0.4) is 0 Å². The van der Waals surface area contributed by atoms with E-state index in [2.05, 4.69) is 11.9 Å². The summed E-state index contributed by atoms with van der Waals surface area (Å²) in [5.41, 5.74) is 1.03. The Morgan fingerprint density at radius 1 is 1.36 bits per heavy atom. The maximum absolute atomic E-state index is 5.67. The molecule has 0 spiro atoms. The summed E-state index contributed by atoms with van der Waals surface area (Å²) in [6.07, 6.45) is 0.969. The van der Waals surface area contributed by atoms with Crippen molar-refractivity contribution < 1.29 is 0 Å². The van der Waals surface area contributed by atoms with Gasteiger partial charge in [-0.05, 0) is 12.1 Å². The average Bonchev–Trinajstić information content (AvgIpc) is 1.85. The first-order valence-electron chi connectivity index (χ1n) is 3.38. The van der Waals surface area contributed by atoms with Gasteiger partial charge in [-0.15, -0.1) is 0 Å². The Bertz CT molecular complexity index is 232. The zero-order valence-corrected chi connectivity index (χ0v) is 7.65. The molecule has 1 aromatic heterocycles. The lowest BCUT2D eigenvalue weighted by atomic mass is 9.68. The quantitative estimate of drug-likeness (QED) is 0.510. The Morgan fingerprint density at radius 3 is 2.36 bits per heavy atom. The fourth-order valence-electron chi connectivity index (χ4n) is 0.837. The molecule has 4 heteroatoms. The van der Waals surface area contributed by atoms with Gasteiger partial charge in [-0.3, -0.25) is 0 Å². The van der Waals surface area contributed by atoms with E-state index in [0.29, 0.717) is 10.3 Å².